The van der Waals surface area contributed by atoms with Crippen LogP contribution in [0.4, 0.5) is 0 Å². The van der Waals surface area contributed by atoms with Crippen LogP contribution in [0.2, 0.25) is 0 Å². The van der Waals surface area contributed by atoms with Gasteiger partial charge in [-0.05, 0) is 50.3 Å². The molecule has 1 saturated heterocycles. The predicted molar refractivity (Wildman–Crippen MR) is 82.6 cm³/mol. The molecule has 0 aromatic heterocycles. The van der Waals surface area contributed by atoms with Gasteiger partial charge >= 0.3 is 0 Å². The fourth-order valence-electron chi connectivity index (χ4n) is 3.51. The lowest BCUT2D eigenvalue weighted by molar-refractivity contribution is -0.137. The van der Waals surface area contributed by atoms with E-state index < -0.39 is 0 Å². The number of rotatable bonds is 3. The monoisotopic (exact) mass is 274 g/mol. The van der Waals surface area contributed by atoms with Crippen molar-refractivity contribution in [1.82, 2.24) is 4.90 Å². The number of carbonyl (C=O) groups is 1. The van der Waals surface area contributed by atoms with Crippen LogP contribution in [-0.4, -0.2) is 23.4 Å². The number of nitrogens with zero attached hydrogens (tertiary/aromatic N) is 1. The molecule has 1 aliphatic heterocycles. The molecule has 1 heterocycles. The smallest absolute Gasteiger partial charge is 0.223 e. The summed E-state index contributed by atoms with van der Waals surface area (Å²) in [5.74, 6) is 0.248. The molecule has 1 aromatic carbocycles. The van der Waals surface area contributed by atoms with Crippen LogP contribution in [0, 0.1) is 20.8 Å². The summed E-state index contributed by atoms with van der Waals surface area (Å²) in [5, 5.41) is 0. The van der Waals surface area contributed by atoms with Crippen molar-refractivity contribution < 1.29 is 4.79 Å². The average molecular weight is 274 g/mol. The van der Waals surface area contributed by atoms with Gasteiger partial charge in [0.25, 0.3) is 0 Å². The summed E-state index contributed by atoms with van der Waals surface area (Å²) in [6.07, 6.45) is 2.34. The van der Waals surface area contributed by atoms with Crippen molar-refractivity contribution in [2.45, 2.75) is 59.0 Å². The first-order valence-electron chi connectivity index (χ1n) is 7.58. The van der Waals surface area contributed by atoms with Gasteiger partial charge in [0.15, 0.2) is 0 Å². The normalized spacial score (nSPS) is 23.2. The molecule has 3 nitrogen and oxygen atoms in total. The van der Waals surface area contributed by atoms with Crippen LogP contribution < -0.4 is 5.73 Å². The lowest BCUT2D eigenvalue weighted by Crippen LogP contribution is -2.49. The molecule has 20 heavy (non-hydrogen) atoms. The van der Waals surface area contributed by atoms with E-state index in [1.165, 1.54) is 22.3 Å². The number of nitrogens with two attached hydrogens (primary N) is 1. The summed E-state index contributed by atoms with van der Waals surface area (Å²) >= 11 is 0. The lowest BCUT2D eigenvalue weighted by atomic mass is 9.85. The minimum absolute atomic E-state index is 0.0387. The summed E-state index contributed by atoms with van der Waals surface area (Å²) in [4.78, 5) is 14.3. The second kappa shape index (κ2) is 5.96. The largest absolute Gasteiger partial charge is 0.334 e. The molecule has 1 amide bonds. The highest BCUT2D eigenvalue weighted by atomic mass is 16.2. The molecule has 0 spiro atoms. The Balaban J connectivity index is 2.48. The number of amides is 1. The Morgan fingerprint density at radius 1 is 1.25 bits per heavy atom. The molecular weight excluding hydrogens is 248 g/mol. The van der Waals surface area contributed by atoms with E-state index in [9.17, 15) is 4.79 Å². The minimum atomic E-state index is 0.0387. The van der Waals surface area contributed by atoms with E-state index in [1.807, 2.05) is 4.90 Å². The molecule has 3 heteroatoms. The number of hydrogen-bond acceptors (Lipinski definition) is 2. The van der Waals surface area contributed by atoms with E-state index in [4.69, 9.17) is 5.73 Å². The highest BCUT2D eigenvalue weighted by Crippen LogP contribution is 2.35. The van der Waals surface area contributed by atoms with Crippen LogP contribution in [0.15, 0.2) is 12.1 Å². The second-order valence-corrected chi connectivity index (χ2v) is 6.05. The van der Waals surface area contributed by atoms with Gasteiger partial charge in [-0.25, -0.2) is 0 Å². The van der Waals surface area contributed by atoms with E-state index in [2.05, 4.69) is 39.8 Å². The van der Waals surface area contributed by atoms with E-state index in [0.29, 0.717) is 6.42 Å². The fourth-order valence-corrected chi connectivity index (χ4v) is 3.51. The van der Waals surface area contributed by atoms with Crippen molar-refractivity contribution in [2.75, 3.05) is 6.54 Å². The maximum Gasteiger partial charge on any atom is 0.223 e. The van der Waals surface area contributed by atoms with Gasteiger partial charge in [-0.15, -0.1) is 0 Å². The molecule has 2 atom stereocenters. The van der Waals surface area contributed by atoms with Gasteiger partial charge in [0, 0.05) is 19.0 Å². The van der Waals surface area contributed by atoms with E-state index in [0.717, 1.165) is 19.4 Å². The Morgan fingerprint density at radius 3 is 2.40 bits per heavy atom. The first-order chi connectivity index (χ1) is 9.45. The average Bonchev–Trinajstić information content (AvgIpc) is 2.36. The zero-order valence-electron chi connectivity index (χ0n) is 13.1. The molecule has 0 bridgehead atoms. The zero-order valence-corrected chi connectivity index (χ0v) is 13.1. The summed E-state index contributed by atoms with van der Waals surface area (Å²) in [6, 6.07) is 4.47. The molecule has 2 unspecified atom stereocenters. The van der Waals surface area contributed by atoms with Gasteiger partial charge in [-0.2, -0.15) is 0 Å². The third-order valence-electron chi connectivity index (χ3n) is 4.25. The maximum absolute atomic E-state index is 12.3. The predicted octanol–water partition coefficient (Wildman–Crippen LogP) is 3.01. The number of likely N-dealkylation sites (tertiary alicyclic amines) is 1. The van der Waals surface area contributed by atoms with Crippen molar-refractivity contribution >= 4 is 5.91 Å². The van der Waals surface area contributed by atoms with Gasteiger partial charge in [0.05, 0.1) is 6.04 Å². The summed E-state index contributed by atoms with van der Waals surface area (Å²) in [5.41, 5.74) is 11.4. The number of piperidine rings is 1. The van der Waals surface area contributed by atoms with Crippen molar-refractivity contribution in [3.63, 3.8) is 0 Å². The number of aryl methyl sites for hydroxylation is 3. The SMILES string of the molecule is CCCN1C(=O)CCC(N)C1c1c(C)cc(C)cc1C. The number of hydrogen-bond donors (Lipinski definition) is 1. The van der Waals surface area contributed by atoms with Crippen LogP contribution in [-0.2, 0) is 4.79 Å². The van der Waals surface area contributed by atoms with Crippen molar-refractivity contribution in [3.8, 4) is 0 Å². The fraction of sp³-hybridized carbons (Fsp3) is 0.588. The van der Waals surface area contributed by atoms with E-state index in [1.54, 1.807) is 0 Å². The molecule has 2 rings (SSSR count). The Bertz CT molecular complexity index is 487. The Kier molecular flexibility index (Phi) is 4.48. The van der Waals surface area contributed by atoms with Crippen molar-refractivity contribution in [2.24, 2.45) is 5.73 Å². The van der Waals surface area contributed by atoms with Gasteiger partial charge in [0.2, 0.25) is 5.91 Å². The lowest BCUT2D eigenvalue weighted by Gasteiger charge is -2.41. The first-order valence-corrected chi connectivity index (χ1v) is 7.58. The summed E-state index contributed by atoms with van der Waals surface area (Å²) in [6.45, 7) is 9.28. The van der Waals surface area contributed by atoms with E-state index >= 15 is 0 Å². The molecular formula is C17H26N2O. The topological polar surface area (TPSA) is 46.3 Å². The van der Waals surface area contributed by atoms with Crippen LogP contribution in [0.3, 0.4) is 0 Å². The standard InChI is InChI=1S/C17H26N2O/c1-5-8-19-15(20)7-6-14(18)17(19)16-12(3)9-11(2)10-13(16)4/h9-10,14,17H,5-8,18H2,1-4H3. The molecule has 1 aromatic rings. The quantitative estimate of drug-likeness (QED) is 0.921. The third-order valence-corrected chi connectivity index (χ3v) is 4.25. The summed E-state index contributed by atoms with van der Waals surface area (Å²) in [7, 11) is 0. The Hall–Kier alpha value is -1.35. The van der Waals surface area contributed by atoms with Gasteiger partial charge in [-0.1, -0.05) is 24.6 Å². The summed E-state index contributed by atoms with van der Waals surface area (Å²) < 4.78 is 0. The third kappa shape index (κ3) is 2.73. The first kappa shape index (κ1) is 15.0. The Morgan fingerprint density at radius 2 is 1.85 bits per heavy atom. The maximum atomic E-state index is 12.3. The van der Waals surface area contributed by atoms with Crippen LogP contribution in [0.25, 0.3) is 0 Å². The molecule has 1 aliphatic rings. The molecule has 1 fully saturated rings. The minimum Gasteiger partial charge on any atom is -0.334 e. The van der Waals surface area contributed by atoms with Crippen LogP contribution in [0.1, 0.15) is 54.5 Å². The molecule has 2 N–H and O–H groups in total. The van der Waals surface area contributed by atoms with Crippen LogP contribution >= 0.6 is 0 Å². The van der Waals surface area contributed by atoms with Gasteiger partial charge < -0.3 is 10.6 Å². The molecule has 0 saturated carbocycles. The zero-order chi connectivity index (χ0) is 14.9. The molecule has 0 radical (unpaired) electrons. The van der Waals surface area contributed by atoms with Crippen molar-refractivity contribution in [1.29, 1.82) is 0 Å². The second-order valence-electron chi connectivity index (χ2n) is 6.05. The Labute approximate surface area is 122 Å². The number of benzene rings is 1. The van der Waals surface area contributed by atoms with Gasteiger partial charge in [0.1, 0.15) is 0 Å². The molecule has 0 aliphatic carbocycles. The van der Waals surface area contributed by atoms with Crippen LogP contribution in [0.5, 0.6) is 0 Å². The highest BCUT2D eigenvalue weighted by Gasteiger charge is 2.35. The van der Waals surface area contributed by atoms with E-state index in [-0.39, 0.29) is 18.0 Å². The molecule has 110 valence electrons. The van der Waals surface area contributed by atoms with Crippen molar-refractivity contribution in [3.05, 3.63) is 34.4 Å². The van der Waals surface area contributed by atoms with Gasteiger partial charge in [-0.3, -0.25) is 4.79 Å². The number of carbonyl (C=O) groups excluding carboxylic acids is 1. The highest BCUT2D eigenvalue weighted by molar-refractivity contribution is 5.78.